The van der Waals surface area contributed by atoms with E-state index in [-0.39, 0.29) is 5.56 Å². The van der Waals surface area contributed by atoms with Crippen molar-refractivity contribution in [3.05, 3.63) is 34.9 Å². The third-order valence-electron chi connectivity index (χ3n) is 4.70. The van der Waals surface area contributed by atoms with Crippen molar-refractivity contribution in [2.75, 3.05) is 13.7 Å². The van der Waals surface area contributed by atoms with Gasteiger partial charge in [0, 0.05) is 36.1 Å². The summed E-state index contributed by atoms with van der Waals surface area (Å²) in [5.41, 5.74) is 2.10. The molecule has 6 nitrogen and oxygen atoms in total. The molecule has 0 saturated heterocycles. The topological polar surface area (TPSA) is 63.2 Å². The van der Waals surface area contributed by atoms with Gasteiger partial charge < -0.3 is 9.72 Å². The molecule has 6 heteroatoms. The Morgan fingerprint density at radius 3 is 2.60 bits per heavy atom. The second kappa shape index (κ2) is 6.88. The van der Waals surface area contributed by atoms with Gasteiger partial charge in [-0.1, -0.05) is 0 Å². The molecule has 3 rings (SSSR count). The first-order chi connectivity index (χ1) is 11.9. The maximum absolute atomic E-state index is 12.8. The van der Waals surface area contributed by atoms with Crippen LogP contribution in [0.5, 0.6) is 5.75 Å². The SMILES string of the molecule is COc1ccc2[nH]c3c(=O)n(CCN(C(C)C)C(C)C)cnc3c2c1. The maximum Gasteiger partial charge on any atom is 0.277 e. The summed E-state index contributed by atoms with van der Waals surface area (Å²) in [5, 5.41) is 0.907. The molecular weight excluding hydrogens is 316 g/mol. The van der Waals surface area contributed by atoms with Crippen LogP contribution < -0.4 is 10.3 Å². The highest BCUT2D eigenvalue weighted by Crippen LogP contribution is 2.25. The van der Waals surface area contributed by atoms with Crippen molar-refractivity contribution in [3.63, 3.8) is 0 Å². The molecule has 0 saturated carbocycles. The number of hydrogen-bond donors (Lipinski definition) is 1. The zero-order valence-electron chi connectivity index (χ0n) is 15.5. The van der Waals surface area contributed by atoms with E-state index >= 15 is 0 Å². The molecule has 0 fully saturated rings. The summed E-state index contributed by atoms with van der Waals surface area (Å²) in [6.07, 6.45) is 1.65. The van der Waals surface area contributed by atoms with E-state index < -0.39 is 0 Å². The maximum atomic E-state index is 12.8. The molecule has 25 heavy (non-hydrogen) atoms. The lowest BCUT2D eigenvalue weighted by molar-refractivity contribution is 0.167. The van der Waals surface area contributed by atoms with Crippen LogP contribution in [0.4, 0.5) is 0 Å². The molecular formula is C19H26N4O2. The first-order valence-corrected chi connectivity index (χ1v) is 8.73. The van der Waals surface area contributed by atoms with Gasteiger partial charge in [0.05, 0.1) is 13.4 Å². The third kappa shape index (κ3) is 3.26. The average molecular weight is 342 g/mol. The lowest BCUT2D eigenvalue weighted by atomic mass is 10.2. The fraction of sp³-hybridized carbons (Fsp3) is 0.474. The quantitative estimate of drug-likeness (QED) is 0.748. The Morgan fingerprint density at radius 2 is 1.96 bits per heavy atom. The molecule has 1 aromatic carbocycles. The van der Waals surface area contributed by atoms with Gasteiger partial charge in [0.15, 0.2) is 0 Å². The Kier molecular flexibility index (Phi) is 4.81. The number of hydrogen-bond acceptors (Lipinski definition) is 4. The monoisotopic (exact) mass is 342 g/mol. The molecule has 2 aromatic heterocycles. The Bertz CT molecular complexity index is 932. The molecule has 1 N–H and O–H groups in total. The van der Waals surface area contributed by atoms with Crippen LogP contribution >= 0.6 is 0 Å². The summed E-state index contributed by atoms with van der Waals surface area (Å²) in [6.45, 7) is 10.1. The number of methoxy groups -OCH3 is 1. The summed E-state index contributed by atoms with van der Waals surface area (Å²) >= 11 is 0. The average Bonchev–Trinajstić information content (AvgIpc) is 2.95. The molecule has 0 bridgehead atoms. The fourth-order valence-corrected chi connectivity index (χ4v) is 3.39. The molecule has 2 heterocycles. The van der Waals surface area contributed by atoms with Gasteiger partial charge in [-0.05, 0) is 45.9 Å². The number of nitrogens with zero attached hydrogens (tertiary/aromatic N) is 3. The number of H-pyrrole nitrogens is 1. The normalized spacial score (nSPS) is 12.2. The van der Waals surface area contributed by atoms with Crippen molar-refractivity contribution < 1.29 is 4.74 Å². The molecule has 0 amide bonds. The standard InChI is InChI=1S/C19H26N4O2/c1-12(2)23(13(3)4)9-8-22-11-20-17-15-10-14(25-5)6-7-16(15)21-18(17)19(22)24/h6-7,10-13,21H,8-9H2,1-5H3. The largest absolute Gasteiger partial charge is 0.497 e. The molecule has 0 spiro atoms. The number of aromatic amines is 1. The Labute approximate surface area is 147 Å². The van der Waals surface area contributed by atoms with Gasteiger partial charge in [-0.2, -0.15) is 0 Å². The summed E-state index contributed by atoms with van der Waals surface area (Å²) in [6, 6.07) is 6.57. The molecule has 0 aliphatic rings. The predicted octanol–water partition coefficient (Wildman–Crippen LogP) is 3.01. The fourth-order valence-electron chi connectivity index (χ4n) is 3.39. The molecule has 3 aromatic rings. The lowest BCUT2D eigenvalue weighted by Crippen LogP contribution is -2.40. The highest BCUT2D eigenvalue weighted by molar-refractivity contribution is 6.04. The summed E-state index contributed by atoms with van der Waals surface area (Å²) in [4.78, 5) is 23.0. The van der Waals surface area contributed by atoms with Gasteiger partial charge >= 0.3 is 0 Å². The minimum Gasteiger partial charge on any atom is -0.497 e. The van der Waals surface area contributed by atoms with Crippen LogP contribution in [0.3, 0.4) is 0 Å². The summed E-state index contributed by atoms with van der Waals surface area (Å²) < 4.78 is 6.96. The van der Waals surface area contributed by atoms with Crippen LogP contribution in [-0.4, -0.2) is 45.2 Å². The highest BCUT2D eigenvalue weighted by atomic mass is 16.5. The second-order valence-electron chi connectivity index (χ2n) is 6.93. The number of benzene rings is 1. The van der Waals surface area contributed by atoms with E-state index in [9.17, 15) is 4.79 Å². The molecule has 0 atom stereocenters. The van der Waals surface area contributed by atoms with Crippen LogP contribution in [0.2, 0.25) is 0 Å². The van der Waals surface area contributed by atoms with Crippen molar-refractivity contribution in [2.45, 2.75) is 46.3 Å². The van der Waals surface area contributed by atoms with Crippen LogP contribution in [-0.2, 0) is 6.54 Å². The van der Waals surface area contributed by atoms with E-state index in [2.05, 4.69) is 42.6 Å². The number of nitrogens with one attached hydrogen (secondary N) is 1. The Hall–Kier alpha value is -2.34. The predicted molar refractivity (Wildman–Crippen MR) is 101 cm³/mol. The second-order valence-corrected chi connectivity index (χ2v) is 6.93. The summed E-state index contributed by atoms with van der Waals surface area (Å²) in [7, 11) is 1.63. The molecule has 0 unspecified atom stereocenters. The van der Waals surface area contributed by atoms with E-state index in [1.165, 1.54) is 0 Å². The van der Waals surface area contributed by atoms with Gasteiger partial charge in [0.25, 0.3) is 5.56 Å². The minimum absolute atomic E-state index is 0.0346. The van der Waals surface area contributed by atoms with Crippen molar-refractivity contribution >= 4 is 21.9 Å². The van der Waals surface area contributed by atoms with Gasteiger partial charge in [0.2, 0.25) is 0 Å². The zero-order chi connectivity index (χ0) is 18.1. The minimum atomic E-state index is -0.0346. The van der Waals surface area contributed by atoms with Crippen LogP contribution in [0.1, 0.15) is 27.7 Å². The van der Waals surface area contributed by atoms with E-state index in [0.717, 1.165) is 23.2 Å². The van der Waals surface area contributed by atoms with E-state index in [0.29, 0.717) is 29.7 Å². The summed E-state index contributed by atoms with van der Waals surface area (Å²) in [5.74, 6) is 0.754. The number of rotatable bonds is 6. The van der Waals surface area contributed by atoms with Gasteiger partial charge in [-0.15, -0.1) is 0 Å². The molecule has 0 aliphatic heterocycles. The number of aromatic nitrogens is 3. The Balaban J connectivity index is 1.97. The smallest absolute Gasteiger partial charge is 0.277 e. The van der Waals surface area contributed by atoms with Gasteiger partial charge in [-0.25, -0.2) is 4.98 Å². The molecule has 0 aliphatic carbocycles. The zero-order valence-corrected chi connectivity index (χ0v) is 15.5. The highest BCUT2D eigenvalue weighted by Gasteiger charge is 2.15. The lowest BCUT2D eigenvalue weighted by Gasteiger charge is -2.30. The molecule has 134 valence electrons. The van der Waals surface area contributed by atoms with Crippen molar-refractivity contribution in [3.8, 4) is 5.75 Å². The van der Waals surface area contributed by atoms with Gasteiger partial charge in [-0.3, -0.25) is 14.3 Å². The van der Waals surface area contributed by atoms with E-state index in [1.807, 2.05) is 18.2 Å². The third-order valence-corrected chi connectivity index (χ3v) is 4.70. The van der Waals surface area contributed by atoms with Gasteiger partial charge in [0.1, 0.15) is 16.8 Å². The van der Waals surface area contributed by atoms with Crippen molar-refractivity contribution in [2.24, 2.45) is 0 Å². The van der Waals surface area contributed by atoms with Crippen molar-refractivity contribution in [1.29, 1.82) is 0 Å². The molecule has 0 radical (unpaired) electrons. The van der Waals surface area contributed by atoms with Crippen LogP contribution in [0, 0.1) is 0 Å². The number of ether oxygens (including phenoxy) is 1. The van der Waals surface area contributed by atoms with E-state index in [1.54, 1.807) is 18.0 Å². The van der Waals surface area contributed by atoms with Crippen molar-refractivity contribution in [1.82, 2.24) is 19.4 Å². The Morgan fingerprint density at radius 1 is 1.24 bits per heavy atom. The van der Waals surface area contributed by atoms with Crippen LogP contribution in [0.25, 0.3) is 21.9 Å². The van der Waals surface area contributed by atoms with E-state index in [4.69, 9.17) is 4.74 Å². The number of fused-ring (bicyclic) bond motifs is 3. The first kappa shape index (κ1) is 17.5. The van der Waals surface area contributed by atoms with Crippen LogP contribution in [0.15, 0.2) is 29.3 Å². The first-order valence-electron chi connectivity index (χ1n) is 8.73.